The zero-order chi connectivity index (χ0) is 19.1. The Bertz CT molecular complexity index is 867. The summed E-state index contributed by atoms with van der Waals surface area (Å²) in [6.45, 7) is 8.33. The van der Waals surface area contributed by atoms with E-state index in [4.69, 9.17) is 10.7 Å². The molecule has 0 fully saturated rings. The normalized spacial score (nSPS) is 18.2. The Balaban J connectivity index is 2.13. The summed E-state index contributed by atoms with van der Waals surface area (Å²) in [6.07, 6.45) is 2.76. The molecule has 0 spiro atoms. The predicted octanol–water partition coefficient (Wildman–Crippen LogP) is 2.99. The number of pyridine rings is 1. The van der Waals surface area contributed by atoms with Gasteiger partial charge in [-0.3, -0.25) is 14.6 Å². The number of benzene rings is 1. The lowest BCUT2D eigenvalue weighted by molar-refractivity contribution is -0.119. The summed E-state index contributed by atoms with van der Waals surface area (Å²) in [5.41, 5.74) is 8.97. The van der Waals surface area contributed by atoms with Crippen molar-refractivity contribution in [3.8, 4) is 0 Å². The quantitative estimate of drug-likeness (QED) is 0.889. The Kier molecular flexibility index (Phi) is 4.74. The second kappa shape index (κ2) is 6.71. The first-order valence-corrected chi connectivity index (χ1v) is 9.19. The van der Waals surface area contributed by atoms with Crippen molar-refractivity contribution >= 4 is 22.7 Å². The number of carbonyl (C=O) groups is 2. The molecule has 2 aromatic rings. The lowest BCUT2D eigenvalue weighted by Crippen LogP contribution is -2.43. The molecule has 138 valence electrons. The molecule has 0 aliphatic heterocycles. The lowest BCUT2D eigenvalue weighted by Gasteiger charge is -2.35. The average Bonchev–Trinajstić information content (AvgIpc) is 2.57. The molecule has 0 bridgehead atoms. The largest absolute Gasteiger partial charge is 0.368 e. The molecule has 26 heavy (non-hydrogen) atoms. The molecule has 1 aromatic heterocycles. The number of nitrogens with zero attached hydrogens (tertiary/aromatic N) is 1. The van der Waals surface area contributed by atoms with Gasteiger partial charge in [-0.2, -0.15) is 0 Å². The molecule has 5 nitrogen and oxygen atoms in total. The third-order valence-corrected chi connectivity index (χ3v) is 5.49. The molecule has 2 amide bonds. The summed E-state index contributed by atoms with van der Waals surface area (Å²) < 4.78 is 0. The maximum Gasteiger partial charge on any atom is 0.252 e. The SMILES string of the molecule is CC(NC(=O)c1c2c(nc3ccccc13)CCC(C(C)(C)C)C2)C(N)=O. The van der Waals surface area contributed by atoms with Gasteiger partial charge in [0.15, 0.2) is 0 Å². The summed E-state index contributed by atoms with van der Waals surface area (Å²) in [7, 11) is 0. The van der Waals surface area contributed by atoms with E-state index < -0.39 is 11.9 Å². The molecule has 0 saturated heterocycles. The van der Waals surface area contributed by atoms with Crippen molar-refractivity contribution in [2.24, 2.45) is 17.1 Å². The highest BCUT2D eigenvalue weighted by Crippen LogP contribution is 2.39. The Hall–Kier alpha value is -2.43. The van der Waals surface area contributed by atoms with Crippen LogP contribution in [0.15, 0.2) is 24.3 Å². The number of fused-ring (bicyclic) bond motifs is 2. The molecule has 2 atom stereocenters. The first-order chi connectivity index (χ1) is 12.2. The molecule has 1 heterocycles. The summed E-state index contributed by atoms with van der Waals surface area (Å²) in [5.74, 6) is -0.308. The first kappa shape index (κ1) is 18.4. The molecule has 2 unspecified atom stereocenters. The summed E-state index contributed by atoms with van der Waals surface area (Å²) in [5, 5.41) is 3.58. The van der Waals surface area contributed by atoms with E-state index in [1.54, 1.807) is 6.92 Å². The van der Waals surface area contributed by atoms with Gasteiger partial charge in [0.25, 0.3) is 5.91 Å². The van der Waals surface area contributed by atoms with E-state index in [9.17, 15) is 9.59 Å². The highest BCUT2D eigenvalue weighted by molar-refractivity contribution is 6.08. The number of aryl methyl sites for hydroxylation is 1. The van der Waals surface area contributed by atoms with Gasteiger partial charge in [0.2, 0.25) is 5.91 Å². The van der Waals surface area contributed by atoms with Crippen molar-refractivity contribution in [1.82, 2.24) is 10.3 Å². The number of para-hydroxylation sites is 1. The van der Waals surface area contributed by atoms with E-state index in [1.807, 2.05) is 24.3 Å². The highest BCUT2D eigenvalue weighted by Gasteiger charge is 2.33. The smallest absolute Gasteiger partial charge is 0.252 e. The number of rotatable bonds is 3. The van der Waals surface area contributed by atoms with Crippen LogP contribution in [0.1, 0.15) is 55.7 Å². The van der Waals surface area contributed by atoms with Crippen LogP contribution in [0.4, 0.5) is 0 Å². The van der Waals surface area contributed by atoms with E-state index in [0.717, 1.165) is 41.4 Å². The summed E-state index contributed by atoms with van der Waals surface area (Å²) in [4.78, 5) is 29.3. The third kappa shape index (κ3) is 3.43. The Morgan fingerprint density at radius 1 is 1.27 bits per heavy atom. The molecule has 0 saturated carbocycles. The van der Waals surface area contributed by atoms with Crippen LogP contribution in [0.3, 0.4) is 0 Å². The first-order valence-electron chi connectivity index (χ1n) is 9.19. The monoisotopic (exact) mass is 353 g/mol. The zero-order valence-corrected chi connectivity index (χ0v) is 15.9. The number of nitrogens with two attached hydrogens (primary N) is 1. The van der Waals surface area contributed by atoms with Crippen LogP contribution in [0.2, 0.25) is 0 Å². The van der Waals surface area contributed by atoms with Gasteiger partial charge >= 0.3 is 0 Å². The number of carbonyl (C=O) groups excluding carboxylic acids is 2. The van der Waals surface area contributed by atoms with Gasteiger partial charge in [-0.05, 0) is 49.1 Å². The number of aromatic nitrogens is 1. The van der Waals surface area contributed by atoms with Crippen LogP contribution >= 0.6 is 0 Å². The van der Waals surface area contributed by atoms with Gasteiger partial charge < -0.3 is 11.1 Å². The van der Waals surface area contributed by atoms with Crippen molar-refractivity contribution < 1.29 is 9.59 Å². The summed E-state index contributed by atoms with van der Waals surface area (Å²) in [6, 6.07) is 6.98. The predicted molar refractivity (Wildman–Crippen MR) is 103 cm³/mol. The van der Waals surface area contributed by atoms with Gasteiger partial charge in [-0.25, -0.2) is 0 Å². The zero-order valence-electron chi connectivity index (χ0n) is 15.9. The van der Waals surface area contributed by atoms with E-state index in [1.165, 1.54) is 0 Å². The second-order valence-corrected chi connectivity index (χ2v) is 8.33. The number of amides is 2. The molecule has 1 aliphatic carbocycles. The highest BCUT2D eigenvalue weighted by atomic mass is 16.2. The third-order valence-electron chi connectivity index (χ3n) is 5.49. The van der Waals surface area contributed by atoms with Crippen molar-refractivity contribution in [2.75, 3.05) is 0 Å². The average molecular weight is 353 g/mol. The maximum absolute atomic E-state index is 13.1. The molecule has 5 heteroatoms. The Morgan fingerprint density at radius 2 is 1.96 bits per heavy atom. The number of primary amides is 1. The van der Waals surface area contributed by atoms with Crippen molar-refractivity contribution in [1.29, 1.82) is 0 Å². The van der Waals surface area contributed by atoms with E-state index >= 15 is 0 Å². The fourth-order valence-electron chi connectivity index (χ4n) is 3.73. The fourth-order valence-corrected chi connectivity index (χ4v) is 3.73. The molecule has 1 aliphatic rings. The van der Waals surface area contributed by atoms with E-state index in [2.05, 4.69) is 26.1 Å². The molecule has 0 radical (unpaired) electrons. The topological polar surface area (TPSA) is 85.1 Å². The van der Waals surface area contributed by atoms with Crippen LogP contribution in [-0.4, -0.2) is 22.8 Å². The van der Waals surface area contributed by atoms with Gasteiger partial charge in [-0.15, -0.1) is 0 Å². The lowest BCUT2D eigenvalue weighted by atomic mass is 9.70. The standard InChI is InChI=1S/C21H27N3O2/c1-12(19(22)25)23-20(26)18-14-7-5-6-8-16(14)24-17-10-9-13(11-15(17)18)21(2,3)4/h5-8,12-13H,9-11H2,1-4H3,(H2,22,25)(H,23,26). The van der Waals surface area contributed by atoms with E-state index in [0.29, 0.717) is 11.5 Å². The molecular weight excluding hydrogens is 326 g/mol. The van der Waals surface area contributed by atoms with Crippen LogP contribution in [0.25, 0.3) is 10.9 Å². The van der Waals surface area contributed by atoms with Crippen molar-refractivity contribution in [3.05, 3.63) is 41.1 Å². The Labute approximate surface area is 154 Å². The number of hydrogen-bond acceptors (Lipinski definition) is 3. The minimum atomic E-state index is -0.716. The molecule has 1 aromatic carbocycles. The molecular formula is C21H27N3O2. The second-order valence-electron chi connectivity index (χ2n) is 8.33. The molecule has 3 rings (SSSR count). The Morgan fingerprint density at radius 3 is 2.62 bits per heavy atom. The molecule has 3 N–H and O–H groups in total. The van der Waals surface area contributed by atoms with Gasteiger partial charge in [0, 0.05) is 11.1 Å². The van der Waals surface area contributed by atoms with Crippen LogP contribution < -0.4 is 11.1 Å². The van der Waals surface area contributed by atoms with Crippen LogP contribution in [-0.2, 0) is 17.6 Å². The van der Waals surface area contributed by atoms with Gasteiger partial charge in [0.1, 0.15) is 6.04 Å². The van der Waals surface area contributed by atoms with Crippen LogP contribution in [0, 0.1) is 11.3 Å². The minimum absolute atomic E-state index is 0.164. The number of nitrogens with one attached hydrogen (secondary N) is 1. The number of hydrogen-bond donors (Lipinski definition) is 2. The minimum Gasteiger partial charge on any atom is -0.368 e. The van der Waals surface area contributed by atoms with E-state index in [-0.39, 0.29) is 11.3 Å². The van der Waals surface area contributed by atoms with Crippen LogP contribution in [0.5, 0.6) is 0 Å². The maximum atomic E-state index is 13.1. The van der Waals surface area contributed by atoms with Crippen molar-refractivity contribution in [2.45, 2.75) is 53.0 Å². The van der Waals surface area contributed by atoms with Gasteiger partial charge in [-0.1, -0.05) is 39.0 Å². The van der Waals surface area contributed by atoms with Gasteiger partial charge in [0.05, 0.1) is 11.1 Å². The fraction of sp³-hybridized carbons (Fsp3) is 0.476. The summed E-state index contributed by atoms with van der Waals surface area (Å²) >= 11 is 0. The van der Waals surface area contributed by atoms with Crippen molar-refractivity contribution in [3.63, 3.8) is 0 Å².